The lowest BCUT2D eigenvalue weighted by atomic mass is 10.1. The molecule has 1 unspecified atom stereocenters. The summed E-state index contributed by atoms with van der Waals surface area (Å²) in [5.74, 6) is -0.754. The Balaban J connectivity index is 3.67. The Kier molecular flexibility index (Phi) is 39.2. The van der Waals surface area contributed by atoms with Crippen molar-refractivity contribution < 1.29 is 24.2 Å². The molecule has 5 heteroatoms. The van der Waals surface area contributed by atoms with E-state index in [-0.39, 0.29) is 25.6 Å². The molecule has 52 heavy (non-hydrogen) atoms. The van der Waals surface area contributed by atoms with Crippen LogP contribution in [0, 0.1) is 0 Å². The number of ether oxygens (including phenoxy) is 2. The molecule has 0 radical (unpaired) electrons. The molecule has 0 aliphatic rings. The van der Waals surface area contributed by atoms with E-state index in [4.69, 9.17) is 9.47 Å². The lowest BCUT2D eigenvalue weighted by molar-refractivity contribution is -0.160. The number of aliphatic hydroxyl groups excluding tert-OH is 1. The van der Waals surface area contributed by atoms with Crippen molar-refractivity contribution >= 4 is 11.9 Å². The topological polar surface area (TPSA) is 72.8 Å². The van der Waals surface area contributed by atoms with Gasteiger partial charge in [0.15, 0.2) is 6.10 Å². The number of allylic oxidation sites excluding steroid dienone is 17. The largest absolute Gasteiger partial charge is 0.462 e. The molecular formula is C47H74O5. The van der Waals surface area contributed by atoms with Gasteiger partial charge >= 0.3 is 11.9 Å². The van der Waals surface area contributed by atoms with Gasteiger partial charge in [-0.15, -0.1) is 0 Å². The summed E-state index contributed by atoms with van der Waals surface area (Å²) < 4.78 is 10.5. The maximum Gasteiger partial charge on any atom is 0.310 e. The molecule has 0 aromatic rings. The summed E-state index contributed by atoms with van der Waals surface area (Å²) in [5.41, 5.74) is 0. The number of rotatable bonds is 35. The summed E-state index contributed by atoms with van der Waals surface area (Å²) >= 11 is 0. The van der Waals surface area contributed by atoms with Crippen LogP contribution in [0.15, 0.2) is 109 Å². The standard InChI is InChI=1S/C47H74O5/c1-3-5-7-9-11-13-15-17-19-20-21-22-23-24-25-26-28-29-31-33-35-37-39-41-46(49)51-44-45(43-48)52-47(50)42-40-38-36-34-32-30-27-18-16-14-12-10-8-6-4-2/h5-8,11-14,17-19,21-22,27,32,34,38,40,45,48H,3-4,9-10,15-16,20,23-26,28-31,33,35-37,39,41-44H2,1-2H3/b7-5-,8-6-,13-11-,14-12-,19-17-,22-21-,27-18-,34-32-,40-38-. The second-order valence-electron chi connectivity index (χ2n) is 13.0. The molecule has 0 rings (SSSR count). The molecule has 0 saturated carbocycles. The van der Waals surface area contributed by atoms with Crippen molar-refractivity contribution in [3.63, 3.8) is 0 Å². The Bertz CT molecular complexity index is 1090. The van der Waals surface area contributed by atoms with Gasteiger partial charge in [-0.05, 0) is 77.0 Å². The zero-order valence-electron chi connectivity index (χ0n) is 33.0. The second kappa shape index (κ2) is 42.0. The maximum absolute atomic E-state index is 12.1. The van der Waals surface area contributed by atoms with Gasteiger partial charge in [-0.2, -0.15) is 0 Å². The summed E-state index contributed by atoms with van der Waals surface area (Å²) in [5, 5.41) is 9.54. The zero-order chi connectivity index (χ0) is 37.8. The molecule has 0 amide bonds. The first-order valence-electron chi connectivity index (χ1n) is 20.4. The number of carbonyl (C=O) groups excluding carboxylic acids is 2. The zero-order valence-corrected chi connectivity index (χ0v) is 33.0. The normalized spacial score (nSPS) is 13.4. The van der Waals surface area contributed by atoms with Crippen molar-refractivity contribution in [3.05, 3.63) is 109 Å². The third-order valence-electron chi connectivity index (χ3n) is 8.09. The van der Waals surface area contributed by atoms with Gasteiger partial charge in [0.2, 0.25) is 0 Å². The molecular weight excluding hydrogens is 645 g/mol. The minimum Gasteiger partial charge on any atom is -0.462 e. The van der Waals surface area contributed by atoms with Crippen LogP contribution in [0.5, 0.6) is 0 Å². The van der Waals surface area contributed by atoms with Gasteiger partial charge in [-0.3, -0.25) is 9.59 Å². The van der Waals surface area contributed by atoms with Crippen molar-refractivity contribution in [1.29, 1.82) is 0 Å². The molecule has 0 aromatic heterocycles. The molecule has 1 N–H and O–H groups in total. The lowest BCUT2D eigenvalue weighted by Gasteiger charge is -2.15. The molecule has 0 heterocycles. The van der Waals surface area contributed by atoms with Crippen LogP contribution in [0.2, 0.25) is 0 Å². The van der Waals surface area contributed by atoms with Gasteiger partial charge in [0.05, 0.1) is 13.0 Å². The van der Waals surface area contributed by atoms with Crippen molar-refractivity contribution in [2.45, 2.75) is 161 Å². The molecule has 5 nitrogen and oxygen atoms in total. The van der Waals surface area contributed by atoms with Crippen LogP contribution >= 0.6 is 0 Å². The van der Waals surface area contributed by atoms with E-state index >= 15 is 0 Å². The SMILES string of the molecule is CC/C=C\C/C=C\C/C=C\C/C=C\C/C=C\CC(=O)OC(CO)COC(=O)CCCCCCCCCCCC/C=C\C/C=C\C/C=C\C/C=C\CC. The Labute approximate surface area is 319 Å². The summed E-state index contributed by atoms with van der Waals surface area (Å²) in [6.45, 7) is 3.80. The van der Waals surface area contributed by atoms with Gasteiger partial charge in [-0.1, -0.05) is 175 Å². The van der Waals surface area contributed by atoms with Gasteiger partial charge in [-0.25, -0.2) is 0 Å². The second-order valence-corrected chi connectivity index (χ2v) is 13.0. The van der Waals surface area contributed by atoms with E-state index in [9.17, 15) is 14.7 Å². The number of carbonyl (C=O) groups is 2. The minimum atomic E-state index is -0.834. The van der Waals surface area contributed by atoms with Crippen LogP contribution in [0.4, 0.5) is 0 Å². The van der Waals surface area contributed by atoms with Crippen LogP contribution in [-0.4, -0.2) is 36.4 Å². The van der Waals surface area contributed by atoms with E-state index in [1.165, 1.54) is 51.4 Å². The summed E-state index contributed by atoms with van der Waals surface area (Å²) in [4.78, 5) is 24.2. The summed E-state index contributed by atoms with van der Waals surface area (Å²) in [6, 6.07) is 0. The first-order valence-corrected chi connectivity index (χ1v) is 20.4. The molecule has 0 bridgehead atoms. The highest BCUT2D eigenvalue weighted by Gasteiger charge is 2.15. The van der Waals surface area contributed by atoms with Crippen LogP contribution < -0.4 is 0 Å². The highest BCUT2D eigenvalue weighted by Crippen LogP contribution is 2.13. The molecule has 0 aromatic carbocycles. The summed E-state index contributed by atoms with van der Waals surface area (Å²) in [7, 11) is 0. The molecule has 0 aliphatic heterocycles. The predicted molar refractivity (Wildman–Crippen MR) is 223 cm³/mol. The fourth-order valence-corrected chi connectivity index (χ4v) is 5.09. The first kappa shape index (κ1) is 48.6. The highest BCUT2D eigenvalue weighted by molar-refractivity contribution is 5.71. The van der Waals surface area contributed by atoms with Crippen LogP contribution in [0.3, 0.4) is 0 Å². The average Bonchev–Trinajstić information content (AvgIpc) is 3.15. The quantitative estimate of drug-likeness (QED) is 0.0401. The number of hydrogen-bond donors (Lipinski definition) is 1. The fourth-order valence-electron chi connectivity index (χ4n) is 5.09. The smallest absolute Gasteiger partial charge is 0.310 e. The van der Waals surface area contributed by atoms with E-state index in [2.05, 4.69) is 111 Å². The number of esters is 2. The monoisotopic (exact) mass is 719 g/mol. The Morgan fingerprint density at radius 1 is 0.462 bits per heavy atom. The van der Waals surface area contributed by atoms with E-state index in [0.29, 0.717) is 6.42 Å². The van der Waals surface area contributed by atoms with Crippen molar-refractivity contribution in [2.75, 3.05) is 13.2 Å². The molecule has 0 spiro atoms. The highest BCUT2D eigenvalue weighted by atomic mass is 16.6. The predicted octanol–water partition coefficient (Wildman–Crippen LogP) is 13.1. The number of unbranched alkanes of at least 4 members (excludes halogenated alkanes) is 10. The van der Waals surface area contributed by atoms with Gasteiger partial charge < -0.3 is 14.6 Å². The van der Waals surface area contributed by atoms with Crippen LogP contribution in [-0.2, 0) is 19.1 Å². The molecule has 292 valence electrons. The Morgan fingerprint density at radius 3 is 1.25 bits per heavy atom. The van der Waals surface area contributed by atoms with Gasteiger partial charge in [0.1, 0.15) is 6.61 Å². The fraction of sp³-hybridized carbons (Fsp3) is 0.574. The average molecular weight is 719 g/mol. The van der Waals surface area contributed by atoms with Gasteiger partial charge in [0, 0.05) is 6.42 Å². The van der Waals surface area contributed by atoms with Crippen LogP contribution in [0.25, 0.3) is 0 Å². The first-order chi connectivity index (χ1) is 25.6. The van der Waals surface area contributed by atoms with Crippen LogP contribution in [0.1, 0.15) is 155 Å². The Hall–Kier alpha value is -3.44. The maximum atomic E-state index is 12.1. The van der Waals surface area contributed by atoms with E-state index in [1.54, 1.807) is 6.08 Å². The van der Waals surface area contributed by atoms with Crippen molar-refractivity contribution in [3.8, 4) is 0 Å². The van der Waals surface area contributed by atoms with Crippen molar-refractivity contribution in [1.82, 2.24) is 0 Å². The molecule has 0 fully saturated rings. The molecule has 1 atom stereocenters. The minimum absolute atomic E-state index is 0.115. The number of aliphatic hydroxyl groups is 1. The molecule has 0 saturated heterocycles. The van der Waals surface area contributed by atoms with Gasteiger partial charge in [0.25, 0.3) is 0 Å². The summed E-state index contributed by atoms with van der Waals surface area (Å²) in [6.07, 6.45) is 60.3. The third kappa shape index (κ3) is 39.3. The van der Waals surface area contributed by atoms with E-state index in [0.717, 1.165) is 77.0 Å². The number of hydrogen-bond acceptors (Lipinski definition) is 5. The lowest BCUT2D eigenvalue weighted by Crippen LogP contribution is -2.28. The molecule has 0 aliphatic carbocycles. The van der Waals surface area contributed by atoms with E-state index in [1.807, 2.05) is 6.08 Å². The van der Waals surface area contributed by atoms with E-state index < -0.39 is 12.1 Å². The Morgan fingerprint density at radius 2 is 0.827 bits per heavy atom. The van der Waals surface area contributed by atoms with Crippen molar-refractivity contribution in [2.24, 2.45) is 0 Å². The third-order valence-corrected chi connectivity index (χ3v) is 8.09.